The van der Waals surface area contributed by atoms with Gasteiger partial charge in [0.05, 0.1) is 26.2 Å². The average molecular weight is 615 g/mol. The van der Waals surface area contributed by atoms with Crippen LogP contribution < -0.4 is 31.9 Å². The van der Waals surface area contributed by atoms with Gasteiger partial charge in [-0.3, -0.25) is 28.8 Å². The summed E-state index contributed by atoms with van der Waals surface area (Å²) in [6, 6.07) is 11.1. The Kier molecular flexibility index (Phi) is 17.0. The summed E-state index contributed by atoms with van der Waals surface area (Å²) in [5.74, 6) is -1.56. The molecule has 0 radical (unpaired) electrons. The molecule has 0 aliphatic heterocycles. The van der Waals surface area contributed by atoms with Gasteiger partial charge < -0.3 is 42.1 Å². The molecule has 0 saturated carbocycles. The molecule has 2 rings (SSSR count). The summed E-state index contributed by atoms with van der Waals surface area (Å²) in [7, 11) is 3.26. The summed E-state index contributed by atoms with van der Waals surface area (Å²) in [4.78, 5) is 69.5. The third kappa shape index (κ3) is 16.0. The second-order valence-electron chi connectivity index (χ2n) is 9.88. The highest BCUT2D eigenvalue weighted by Crippen LogP contribution is 2.12. The molecular weight excluding hydrogens is 572 g/mol. The minimum atomic E-state index is -0.787. The van der Waals surface area contributed by atoms with E-state index in [-0.39, 0.29) is 73.9 Å². The van der Waals surface area contributed by atoms with E-state index in [4.69, 9.17) is 0 Å². The summed E-state index contributed by atoms with van der Waals surface area (Å²) >= 11 is 0. The van der Waals surface area contributed by atoms with Gasteiger partial charge in [0.1, 0.15) is 35.1 Å². The summed E-state index contributed by atoms with van der Waals surface area (Å²) in [6.07, 6.45) is 0.527. The zero-order chi connectivity index (χ0) is 33.1. The minimum absolute atomic E-state index is 0.0766. The first-order valence-corrected chi connectivity index (χ1v) is 13.8. The molecule has 0 heterocycles. The molecule has 2 aromatic rings. The first-order valence-electron chi connectivity index (χ1n) is 13.8. The molecule has 2 atom stereocenters. The van der Waals surface area contributed by atoms with Crippen LogP contribution in [0.25, 0.3) is 0 Å². The number of ketones is 2. The normalized spacial score (nSPS) is 11.5. The average Bonchev–Trinajstić information content (AvgIpc) is 2.96. The molecule has 44 heavy (non-hydrogen) atoms. The van der Waals surface area contributed by atoms with E-state index < -0.39 is 23.9 Å². The molecule has 4 amide bonds. The van der Waals surface area contributed by atoms with Gasteiger partial charge in [-0.05, 0) is 63.3 Å². The number of aromatic hydroxyl groups is 2. The summed E-state index contributed by atoms with van der Waals surface area (Å²) < 4.78 is 0. The van der Waals surface area contributed by atoms with Crippen molar-refractivity contribution in [1.29, 1.82) is 0 Å². The van der Waals surface area contributed by atoms with E-state index >= 15 is 0 Å². The van der Waals surface area contributed by atoms with Gasteiger partial charge in [-0.1, -0.05) is 24.3 Å². The fourth-order valence-corrected chi connectivity index (χ4v) is 3.64. The Balaban J connectivity index is 0.000000440. The maximum Gasteiger partial charge on any atom is 0.243 e. The highest BCUT2D eigenvalue weighted by molar-refractivity contribution is 5.92. The van der Waals surface area contributed by atoms with Crippen molar-refractivity contribution >= 4 is 35.2 Å². The van der Waals surface area contributed by atoms with Crippen molar-refractivity contribution in [3.63, 3.8) is 0 Å². The molecule has 0 bridgehead atoms. The van der Waals surface area contributed by atoms with Crippen LogP contribution in [0.15, 0.2) is 48.5 Å². The van der Waals surface area contributed by atoms with Crippen molar-refractivity contribution in [2.24, 2.45) is 0 Å². The van der Waals surface area contributed by atoms with Gasteiger partial charge in [-0.15, -0.1) is 0 Å². The molecule has 0 saturated heterocycles. The topological polar surface area (TPSA) is 215 Å². The number of amides is 4. The second kappa shape index (κ2) is 20.1. The number of hydrogen-bond acceptors (Lipinski definition) is 10. The predicted octanol–water partition coefficient (Wildman–Crippen LogP) is -1.31. The first-order chi connectivity index (χ1) is 20.8. The largest absolute Gasteiger partial charge is 0.508 e. The molecule has 0 fully saturated rings. The number of hydrogen-bond donors (Lipinski definition) is 8. The van der Waals surface area contributed by atoms with Crippen LogP contribution in [0.4, 0.5) is 0 Å². The molecule has 0 aliphatic carbocycles. The number of Topliss-reactive ketones (excluding diaryl/α,β-unsaturated/α-hetero) is 2. The van der Waals surface area contributed by atoms with E-state index in [1.807, 2.05) is 0 Å². The third-order valence-corrected chi connectivity index (χ3v) is 5.75. The van der Waals surface area contributed by atoms with Gasteiger partial charge in [-0.2, -0.15) is 0 Å². The molecule has 14 heteroatoms. The van der Waals surface area contributed by atoms with E-state index in [0.29, 0.717) is 0 Å². The van der Waals surface area contributed by atoms with Crippen molar-refractivity contribution in [1.82, 2.24) is 31.9 Å². The van der Waals surface area contributed by atoms with E-state index in [0.717, 1.165) is 11.1 Å². The van der Waals surface area contributed by atoms with E-state index in [2.05, 4.69) is 31.9 Å². The van der Waals surface area contributed by atoms with Crippen LogP contribution in [-0.4, -0.2) is 97.8 Å². The van der Waals surface area contributed by atoms with Crippen LogP contribution in [0.2, 0.25) is 0 Å². The third-order valence-electron chi connectivity index (χ3n) is 5.75. The van der Waals surface area contributed by atoms with Crippen LogP contribution in [0.3, 0.4) is 0 Å². The molecule has 2 aromatic carbocycles. The quantitative estimate of drug-likeness (QED) is 0.112. The predicted molar refractivity (Wildman–Crippen MR) is 163 cm³/mol. The molecule has 2 unspecified atom stereocenters. The van der Waals surface area contributed by atoms with Gasteiger partial charge in [0.25, 0.3) is 0 Å². The van der Waals surface area contributed by atoms with E-state index in [1.165, 1.54) is 38.1 Å². The smallest absolute Gasteiger partial charge is 0.243 e. The Bertz CT molecular complexity index is 1150. The van der Waals surface area contributed by atoms with Crippen molar-refractivity contribution < 1.29 is 39.0 Å². The van der Waals surface area contributed by atoms with Crippen molar-refractivity contribution in [2.45, 2.75) is 38.8 Å². The fraction of sp³-hybridized carbons (Fsp3) is 0.400. The van der Waals surface area contributed by atoms with Crippen LogP contribution in [0.1, 0.15) is 25.0 Å². The van der Waals surface area contributed by atoms with Gasteiger partial charge in [0.15, 0.2) is 0 Å². The van der Waals surface area contributed by atoms with Gasteiger partial charge in [-0.25, -0.2) is 0 Å². The molecule has 240 valence electrons. The number of nitrogens with one attached hydrogen (secondary N) is 6. The van der Waals surface area contributed by atoms with Crippen LogP contribution in [-0.2, 0) is 41.6 Å². The van der Waals surface area contributed by atoms with E-state index in [9.17, 15) is 39.0 Å². The number of carbonyl (C=O) groups is 6. The summed E-state index contributed by atoms with van der Waals surface area (Å²) in [6.45, 7) is 2.77. The lowest BCUT2D eigenvalue weighted by molar-refractivity contribution is -0.129. The minimum Gasteiger partial charge on any atom is -0.508 e. The fourth-order valence-electron chi connectivity index (χ4n) is 3.64. The highest BCUT2D eigenvalue weighted by Gasteiger charge is 2.22. The van der Waals surface area contributed by atoms with Crippen molar-refractivity contribution in [3.05, 3.63) is 59.7 Å². The maximum absolute atomic E-state index is 12.1. The zero-order valence-corrected chi connectivity index (χ0v) is 25.4. The lowest BCUT2D eigenvalue weighted by Gasteiger charge is -2.18. The molecule has 8 N–H and O–H groups in total. The van der Waals surface area contributed by atoms with Crippen LogP contribution >= 0.6 is 0 Å². The number of phenolic OH excluding ortho intramolecular Hbond substituents is 2. The zero-order valence-electron chi connectivity index (χ0n) is 25.4. The Hall–Kier alpha value is -4.82. The lowest BCUT2D eigenvalue weighted by atomic mass is 10.0. The number of rotatable bonds is 16. The van der Waals surface area contributed by atoms with Crippen molar-refractivity contribution in [2.75, 3.05) is 40.3 Å². The Morgan fingerprint density at radius 3 is 1.16 bits per heavy atom. The molecule has 0 spiro atoms. The van der Waals surface area contributed by atoms with Crippen molar-refractivity contribution in [3.8, 4) is 11.5 Å². The molecular formula is C30H42N6O8. The number of phenols is 2. The second-order valence-corrected chi connectivity index (χ2v) is 9.88. The summed E-state index contributed by atoms with van der Waals surface area (Å²) in [5, 5.41) is 34.1. The van der Waals surface area contributed by atoms with Gasteiger partial charge in [0, 0.05) is 12.8 Å². The highest BCUT2D eigenvalue weighted by atomic mass is 16.3. The molecule has 0 aliphatic rings. The Morgan fingerprint density at radius 1 is 0.568 bits per heavy atom. The monoisotopic (exact) mass is 614 g/mol. The van der Waals surface area contributed by atoms with Crippen LogP contribution in [0.5, 0.6) is 11.5 Å². The maximum atomic E-state index is 12.1. The van der Waals surface area contributed by atoms with E-state index in [1.54, 1.807) is 38.4 Å². The SMILES string of the molecule is CNCC(=O)NC(Cc1ccc(O)cc1)C(=O)NCC(C)=O.CNCC(=O)NC(Cc1ccc(O)cc1)C(=O)NCC(C)=O. The standard InChI is InChI=1S/2C15H21N3O4/c2*1-10(19)8-17-15(22)13(18-14(21)9-16-2)7-11-3-5-12(20)6-4-11/h2*3-6,13,16,20H,7-9H2,1-2H3,(H,17,22)(H,18,21). The van der Waals surface area contributed by atoms with Crippen LogP contribution in [0, 0.1) is 0 Å². The number of carbonyl (C=O) groups excluding carboxylic acids is 6. The number of likely N-dealkylation sites (N-methyl/N-ethyl adjacent to an activating group) is 2. The van der Waals surface area contributed by atoms with Gasteiger partial charge in [0.2, 0.25) is 23.6 Å². The Labute approximate surface area is 256 Å². The summed E-state index contributed by atoms with van der Waals surface area (Å²) in [5.41, 5.74) is 1.57. The Morgan fingerprint density at radius 2 is 0.886 bits per heavy atom. The first kappa shape index (κ1) is 37.2. The van der Waals surface area contributed by atoms with Gasteiger partial charge >= 0.3 is 0 Å². The lowest BCUT2D eigenvalue weighted by Crippen LogP contribution is -2.50. The molecule has 0 aromatic heterocycles. The number of benzene rings is 2. The molecule has 14 nitrogen and oxygen atoms in total.